The summed E-state index contributed by atoms with van der Waals surface area (Å²) in [5.74, 6) is -1.94. The SMILES string of the molecule is C[B]Oc1cccc(F)c1F. The van der Waals surface area contributed by atoms with E-state index in [0.717, 1.165) is 6.07 Å². The lowest BCUT2D eigenvalue weighted by Crippen LogP contribution is -1.99. The zero-order valence-electron chi connectivity index (χ0n) is 5.97. The highest BCUT2D eigenvalue weighted by molar-refractivity contribution is 6.26. The highest BCUT2D eigenvalue weighted by Gasteiger charge is 2.06. The summed E-state index contributed by atoms with van der Waals surface area (Å²) in [5, 5.41) is 0. The van der Waals surface area contributed by atoms with Gasteiger partial charge in [-0.2, -0.15) is 4.39 Å². The highest BCUT2D eigenvalue weighted by atomic mass is 19.2. The number of rotatable bonds is 2. The summed E-state index contributed by atoms with van der Waals surface area (Å²) in [6, 6.07) is 3.79. The Morgan fingerprint density at radius 3 is 2.73 bits per heavy atom. The molecule has 0 aliphatic rings. The van der Waals surface area contributed by atoms with Crippen molar-refractivity contribution in [1.29, 1.82) is 0 Å². The second-order valence-corrected chi connectivity index (χ2v) is 1.91. The molecule has 0 N–H and O–H groups in total. The van der Waals surface area contributed by atoms with E-state index in [0.29, 0.717) is 0 Å². The Kier molecular flexibility index (Phi) is 2.46. The largest absolute Gasteiger partial charge is 0.561 e. The maximum Gasteiger partial charge on any atom is 0.366 e. The first-order valence-electron chi connectivity index (χ1n) is 3.14. The molecule has 0 atom stereocenters. The van der Waals surface area contributed by atoms with Crippen molar-refractivity contribution >= 4 is 7.48 Å². The predicted octanol–water partition coefficient (Wildman–Crippen LogP) is 2.01. The van der Waals surface area contributed by atoms with Crippen LogP contribution in [0.5, 0.6) is 5.75 Å². The van der Waals surface area contributed by atoms with Gasteiger partial charge in [-0.1, -0.05) is 12.9 Å². The minimum Gasteiger partial charge on any atom is -0.561 e. The molecule has 4 heteroatoms. The minimum atomic E-state index is -0.953. The summed E-state index contributed by atoms with van der Waals surface area (Å²) in [5.41, 5.74) is 0. The van der Waals surface area contributed by atoms with E-state index < -0.39 is 11.6 Å². The van der Waals surface area contributed by atoms with E-state index in [-0.39, 0.29) is 5.75 Å². The molecule has 0 saturated carbocycles. The Balaban J connectivity index is 2.96. The van der Waals surface area contributed by atoms with Crippen molar-refractivity contribution in [2.24, 2.45) is 0 Å². The molecule has 1 rings (SSSR count). The smallest absolute Gasteiger partial charge is 0.366 e. The standard InChI is InChI=1S/C7H6BF2O/c1-8-11-6-4-2-3-5(9)7(6)10/h2-4H,1H3. The van der Waals surface area contributed by atoms with E-state index in [1.807, 2.05) is 0 Å². The van der Waals surface area contributed by atoms with Crippen molar-refractivity contribution in [3.8, 4) is 5.75 Å². The van der Waals surface area contributed by atoms with Crippen LogP contribution in [0.1, 0.15) is 0 Å². The third kappa shape index (κ3) is 1.70. The molecule has 1 nitrogen and oxygen atoms in total. The molecule has 0 saturated heterocycles. The van der Waals surface area contributed by atoms with Crippen LogP contribution >= 0.6 is 0 Å². The van der Waals surface area contributed by atoms with Gasteiger partial charge in [0.1, 0.15) is 5.75 Å². The van der Waals surface area contributed by atoms with E-state index in [1.165, 1.54) is 19.6 Å². The third-order valence-electron chi connectivity index (χ3n) is 1.16. The molecule has 57 valence electrons. The Labute approximate surface area is 64.3 Å². The number of hydrogen-bond acceptors (Lipinski definition) is 1. The van der Waals surface area contributed by atoms with E-state index in [1.54, 1.807) is 6.82 Å². The van der Waals surface area contributed by atoms with E-state index in [4.69, 9.17) is 0 Å². The number of benzene rings is 1. The van der Waals surface area contributed by atoms with Crippen LogP contribution in [0.4, 0.5) is 8.78 Å². The van der Waals surface area contributed by atoms with Gasteiger partial charge in [0.15, 0.2) is 11.6 Å². The molecule has 0 fully saturated rings. The lowest BCUT2D eigenvalue weighted by molar-refractivity contribution is 0.461. The topological polar surface area (TPSA) is 9.23 Å². The lowest BCUT2D eigenvalue weighted by atomic mass is 10.1. The molecule has 0 bridgehead atoms. The van der Waals surface area contributed by atoms with Crippen molar-refractivity contribution < 1.29 is 13.4 Å². The van der Waals surface area contributed by atoms with E-state index >= 15 is 0 Å². The number of halogens is 2. The maximum absolute atomic E-state index is 12.7. The van der Waals surface area contributed by atoms with Gasteiger partial charge < -0.3 is 4.65 Å². The number of hydrogen-bond donors (Lipinski definition) is 0. The molecular weight excluding hydrogens is 149 g/mol. The molecule has 11 heavy (non-hydrogen) atoms. The van der Waals surface area contributed by atoms with E-state index in [9.17, 15) is 8.78 Å². The van der Waals surface area contributed by atoms with Gasteiger partial charge in [-0.25, -0.2) is 4.39 Å². The monoisotopic (exact) mass is 155 g/mol. The second kappa shape index (κ2) is 3.37. The van der Waals surface area contributed by atoms with Crippen molar-refractivity contribution in [3.05, 3.63) is 29.8 Å². The minimum absolute atomic E-state index is 0.0903. The summed E-state index contributed by atoms with van der Waals surface area (Å²) in [6.45, 7) is 1.59. The van der Waals surface area contributed by atoms with Gasteiger partial charge in [0.25, 0.3) is 0 Å². The van der Waals surface area contributed by atoms with Gasteiger partial charge in [0.2, 0.25) is 0 Å². The van der Waals surface area contributed by atoms with Gasteiger partial charge >= 0.3 is 7.48 Å². The first-order chi connectivity index (χ1) is 5.25. The van der Waals surface area contributed by atoms with E-state index in [2.05, 4.69) is 4.65 Å². The van der Waals surface area contributed by atoms with Crippen LogP contribution in [0.3, 0.4) is 0 Å². The molecule has 0 aliphatic heterocycles. The Morgan fingerprint density at radius 1 is 1.36 bits per heavy atom. The second-order valence-electron chi connectivity index (χ2n) is 1.91. The van der Waals surface area contributed by atoms with Crippen LogP contribution in [0.2, 0.25) is 6.82 Å². The van der Waals surface area contributed by atoms with Crippen LogP contribution in [0.15, 0.2) is 18.2 Å². The molecule has 1 aromatic carbocycles. The molecule has 0 heterocycles. The summed E-state index contributed by atoms with van der Waals surface area (Å²) in [4.78, 5) is 0. The molecule has 0 unspecified atom stereocenters. The lowest BCUT2D eigenvalue weighted by Gasteiger charge is -2.03. The Hall–Kier alpha value is -1.06. The fourth-order valence-electron chi connectivity index (χ4n) is 0.702. The first-order valence-corrected chi connectivity index (χ1v) is 3.14. The van der Waals surface area contributed by atoms with Gasteiger partial charge in [0.05, 0.1) is 0 Å². The summed E-state index contributed by atoms with van der Waals surface area (Å²) in [6.07, 6.45) is 0. The zero-order chi connectivity index (χ0) is 8.27. The third-order valence-corrected chi connectivity index (χ3v) is 1.16. The predicted molar refractivity (Wildman–Crippen MR) is 38.6 cm³/mol. The van der Waals surface area contributed by atoms with Crippen LogP contribution in [0, 0.1) is 11.6 Å². The van der Waals surface area contributed by atoms with Gasteiger partial charge in [0, 0.05) is 0 Å². The van der Waals surface area contributed by atoms with Crippen LogP contribution in [-0.2, 0) is 0 Å². The molecular formula is C7H6BF2O. The van der Waals surface area contributed by atoms with Gasteiger partial charge in [-0.3, -0.25) is 0 Å². The molecule has 0 aromatic heterocycles. The van der Waals surface area contributed by atoms with Crippen LogP contribution in [0.25, 0.3) is 0 Å². The zero-order valence-corrected chi connectivity index (χ0v) is 5.97. The Bertz CT molecular complexity index is 252. The molecule has 1 radical (unpaired) electrons. The quantitative estimate of drug-likeness (QED) is 0.593. The van der Waals surface area contributed by atoms with Crippen LogP contribution < -0.4 is 4.65 Å². The van der Waals surface area contributed by atoms with Crippen molar-refractivity contribution in [3.63, 3.8) is 0 Å². The van der Waals surface area contributed by atoms with Gasteiger partial charge in [-0.05, 0) is 12.1 Å². The maximum atomic E-state index is 12.7. The molecule has 0 aliphatic carbocycles. The van der Waals surface area contributed by atoms with Crippen molar-refractivity contribution in [2.75, 3.05) is 0 Å². The van der Waals surface area contributed by atoms with Crippen molar-refractivity contribution in [1.82, 2.24) is 0 Å². The van der Waals surface area contributed by atoms with Crippen LogP contribution in [-0.4, -0.2) is 7.48 Å². The fourth-order valence-corrected chi connectivity index (χ4v) is 0.702. The summed E-state index contributed by atoms with van der Waals surface area (Å²) in [7, 11) is 1.29. The van der Waals surface area contributed by atoms with Gasteiger partial charge in [-0.15, -0.1) is 0 Å². The fraction of sp³-hybridized carbons (Fsp3) is 0.143. The Morgan fingerprint density at radius 2 is 2.09 bits per heavy atom. The first kappa shape index (κ1) is 8.05. The summed E-state index contributed by atoms with van der Waals surface area (Å²) >= 11 is 0. The van der Waals surface area contributed by atoms with Crippen molar-refractivity contribution in [2.45, 2.75) is 6.82 Å². The molecule has 0 amide bonds. The molecule has 1 aromatic rings. The average Bonchev–Trinajstić information content (AvgIpc) is 1.99. The molecule has 0 spiro atoms. The normalized spacial score (nSPS) is 9.36. The average molecular weight is 155 g/mol. The highest BCUT2D eigenvalue weighted by Crippen LogP contribution is 2.18. The summed E-state index contributed by atoms with van der Waals surface area (Å²) < 4.78 is 29.8.